The molecule has 1 saturated carbocycles. The second kappa shape index (κ2) is 4.81. The highest BCUT2D eigenvalue weighted by molar-refractivity contribution is 4.93. The van der Waals surface area contributed by atoms with Gasteiger partial charge >= 0.3 is 0 Å². The predicted octanol–water partition coefficient (Wildman–Crippen LogP) is 1.22. The average Bonchev–Trinajstić information content (AvgIpc) is 3.04. The van der Waals surface area contributed by atoms with Crippen LogP contribution in [0.4, 0.5) is 0 Å². The average molecular weight is 212 g/mol. The summed E-state index contributed by atoms with van der Waals surface area (Å²) in [6, 6.07) is 1.21. The Kier molecular flexibility index (Phi) is 3.65. The summed E-state index contributed by atoms with van der Waals surface area (Å²) in [5.74, 6) is 0.870. The molecule has 3 atom stereocenters. The van der Waals surface area contributed by atoms with Gasteiger partial charge in [-0.05, 0) is 32.1 Å². The summed E-state index contributed by atoms with van der Waals surface area (Å²) in [7, 11) is 0. The van der Waals surface area contributed by atoms with Crippen molar-refractivity contribution >= 4 is 0 Å². The van der Waals surface area contributed by atoms with E-state index in [9.17, 15) is 0 Å². The Morgan fingerprint density at radius 2 is 2.20 bits per heavy atom. The first kappa shape index (κ1) is 11.4. The zero-order valence-corrected chi connectivity index (χ0v) is 9.98. The second-order valence-corrected chi connectivity index (χ2v) is 5.04. The quantitative estimate of drug-likeness (QED) is 0.761. The van der Waals surface area contributed by atoms with Gasteiger partial charge in [0.1, 0.15) is 0 Å². The third kappa shape index (κ3) is 2.52. The lowest BCUT2D eigenvalue weighted by Crippen LogP contribution is -2.55. The van der Waals surface area contributed by atoms with Gasteiger partial charge in [0.25, 0.3) is 0 Å². The molecule has 0 amide bonds. The molecule has 3 nitrogen and oxygen atoms in total. The normalized spacial score (nSPS) is 35.4. The van der Waals surface area contributed by atoms with Gasteiger partial charge in [-0.15, -0.1) is 0 Å². The lowest BCUT2D eigenvalue weighted by molar-refractivity contribution is -0.0742. The monoisotopic (exact) mass is 212 g/mol. The number of nitrogens with zero attached hydrogens (tertiary/aromatic N) is 1. The van der Waals surface area contributed by atoms with Crippen molar-refractivity contribution < 1.29 is 4.74 Å². The van der Waals surface area contributed by atoms with Crippen LogP contribution in [-0.2, 0) is 4.74 Å². The molecule has 0 aromatic carbocycles. The van der Waals surface area contributed by atoms with Crippen LogP contribution in [0.5, 0.6) is 0 Å². The first-order chi connectivity index (χ1) is 7.26. The summed E-state index contributed by atoms with van der Waals surface area (Å²) >= 11 is 0. The third-order valence-electron chi connectivity index (χ3n) is 3.81. The smallest absolute Gasteiger partial charge is 0.0674 e. The number of nitrogens with two attached hydrogens (primary N) is 1. The highest BCUT2D eigenvalue weighted by Crippen LogP contribution is 2.36. The highest BCUT2D eigenvalue weighted by Gasteiger charge is 2.39. The molecule has 0 aromatic heterocycles. The topological polar surface area (TPSA) is 38.5 Å². The van der Waals surface area contributed by atoms with Gasteiger partial charge in [0, 0.05) is 25.2 Å². The molecule has 2 rings (SSSR count). The van der Waals surface area contributed by atoms with Gasteiger partial charge in [0.15, 0.2) is 0 Å². The first-order valence-electron chi connectivity index (χ1n) is 6.33. The second-order valence-electron chi connectivity index (χ2n) is 5.04. The van der Waals surface area contributed by atoms with Crippen LogP contribution < -0.4 is 5.73 Å². The van der Waals surface area contributed by atoms with Crippen LogP contribution in [0.1, 0.15) is 33.1 Å². The van der Waals surface area contributed by atoms with Crippen molar-refractivity contribution in [2.75, 3.05) is 19.7 Å². The fourth-order valence-electron chi connectivity index (χ4n) is 2.71. The van der Waals surface area contributed by atoms with E-state index in [4.69, 9.17) is 10.5 Å². The summed E-state index contributed by atoms with van der Waals surface area (Å²) in [6.45, 7) is 7.18. The molecule has 1 aliphatic heterocycles. The number of hydrogen-bond donors (Lipinski definition) is 1. The van der Waals surface area contributed by atoms with Crippen LogP contribution >= 0.6 is 0 Å². The molecule has 88 valence electrons. The molecule has 1 heterocycles. The highest BCUT2D eigenvalue weighted by atomic mass is 16.5. The van der Waals surface area contributed by atoms with Gasteiger partial charge in [0.05, 0.1) is 12.7 Å². The molecule has 1 saturated heterocycles. The van der Waals surface area contributed by atoms with Gasteiger partial charge in [-0.25, -0.2) is 0 Å². The Bertz CT molecular complexity index is 206. The van der Waals surface area contributed by atoms with E-state index in [0.717, 1.165) is 25.6 Å². The molecule has 0 bridgehead atoms. The zero-order valence-electron chi connectivity index (χ0n) is 9.98. The van der Waals surface area contributed by atoms with E-state index in [2.05, 4.69) is 18.7 Å². The van der Waals surface area contributed by atoms with Gasteiger partial charge < -0.3 is 10.5 Å². The summed E-state index contributed by atoms with van der Waals surface area (Å²) in [5, 5.41) is 0. The summed E-state index contributed by atoms with van der Waals surface area (Å²) in [4.78, 5) is 2.62. The molecule has 0 spiro atoms. The SMILES string of the molecule is CCC1COC(C)CN1C(CN)C1CC1. The van der Waals surface area contributed by atoms with E-state index < -0.39 is 0 Å². The molecular formula is C12H24N2O. The van der Waals surface area contributed by atoms with Gasteiger partial charge in [-0.1, -0.05) is 6.92 Å². The Morgan fingerprint density at radius 1 is 1.47 bits per heavy atom. The van der Waals surface area contributed by atoms with Crippen molar-refractivity contribution in [3.05, 3.63) is 0 Å². The van der Waals surface area contributed by atoms with E-state index in [-0.39, 0.29) is 0 Å². The van der Waals surface area contributed by atoms with Gasteiger partial charge in [-0.3, -0.25) is 4.90 Å². The standard InChI is InChI=1S/C12H24N2O/c1-3-11-8-15-9(2)7-14(11)12(6-13)10-4-5-10/h9-12H,3-8,13H2,1-2H3. The van der Waals surface area contributed by atoms with Crippen molar-refractivity contribution in [2.45, 2.75) is 51.3 Å². The van der Waals surface area contributed by atoms with Crippen LogP contribution in [0.25, 0.3) is 0 Å². The van der Waals surface area contributed by atoms with E-state index >= 15 is 0 Å². The minimum absolute atomic E-state index is 0.376. The molecule has 3 unspecified atom stereocenters. The van der Waals surface area contributed by atoms with E-state index in [1.807, 2.05) is 0 Å². The molecule has 15 heavy (non-hydrogen) atoms. The largest absolute Gasteiger partial charge is 0.376 e. The molecule has 2 fully saturated rings. The molecule has 1 aliphatic carbocycles. The fraction of sp³-hybridized carbons (Fsp3) is 1.00. The fourth-order valence-corrected chi connectivity index (χ4v) is 2.71. The van der Waals surface area contributed by atoms with Crippen LogP contribution in [0.2, 0.25) is 0 Å². The third-order valence-corrected chi connectivity index (χ3v) is 3.81. The molecule has 3 heteroatoms. The summed E-state index contributed by atoms with van der Waals surface area (Å²) in [6.07, 6.45) is 4.31. The summed E-state index contributed by atoms with van der Waals surface area (Å²) < 4.78 is 5.72. The van der Waals surface area contributed by atoms with E-state index in [1.165, 1.54) is 19.3 Å². The molecule has 2 aliphatic rings. The lowest BCUT2D eigenvalue weighted by atomic mass is 10.0. The molecule has 0 aromatic rings. The van der Waals surface area contributed by atoms with E-state index in [1.54, 1.807) is 0 Å². The molecule has 0 radical (unpaired) electrons. The Labute approximate surface area is 93.0 Å². The van der Waals surface area contributed by atoms with Crippen molar-refractivity contribution in [1.82, 2.24) is 4.90 Å². The maximum absolute atomic E-state index is 5.92. The zero-order chi connectivity index (χ0) is 10.8. The van der Waals surface area contributed by atoms with Gasteiger partial charge in [-0.2, -0.15) is 0 Å². The number of rotatable bonds is 4. The van der Waals surface area contributed by atoms with Crippen molar-refractivity contribution in [1.29, 1.82) is 0 Å². The summed E-state index contributed by atoms with van der Waals surface area (Å²) in [5.41, 5.74) is 5.92. The predicted molar refractivity (Wildman–Crippen MR) is 61.8 cm³/mol. The Hall–Kier alpha value is -0.120. The van der Waals surface area contributed by atoms with Gasteiger partial charge in [0.2, 0.25) is 0 Å². The number of morpholine rings is 1. The first-order valence-corrected chi connectivity index (χ1v) is 6.33. The maximum atomic E-state index is 5.92. The molecular weight excluding hydrogens is 188 g/mol. The molecule has 2 N–H and O–H groups in total. The maximum Gasteiger partial charge on any atom is 0.0674 e. The van der Waals surface area contributed by atoms with Crippen molar-refractivity contribution in [3.63, 3.8) is 0 Å². The Morgan fingerprint density at radius 3 is 2.73 bits per heavy atom. The number of ether oxygens (including phenoxy) is 1. The Balaban J connectivity index is 2.00. The van der Waals surface area contributed by atoms with Crippen molar-refractivity contribution in [3.8, 4) is 0 Å². The van der Waals surface area contributed by atoms with Crippen molar-refractivity contribution in [2.24, 2.45) is 11.7 Å². The lowest BCUT2D eigenvalue weighted by Gasteiger charge is -2.43. The van der Waals surface area contributed by atoms with Crippen LogP contribution in [0.3, 0.4) is 0 Å². The van der Waals surface area contributed by atoms with Crippen LogP contribution in [-0.4, -0.2) is 42.8 Å². The minimum atomic E-state index is 0.376. The van der Waals surface area contributed by atoms with Crippen LogP contribution in [0.15, 0.2) is 0 Å². The number of hydrogen-bond acceptors (Lipinski definition) is 3. The van der Waals surface area contributed by atoms with E-state index in [0.29, 0.717) is 18.2 Å². The minimum Gasteiger partial charge on any atom is -0.376 e. The van der Waals surface area contributed by atoms with Crippen LogP contribution in [0, 0.1) is 5.92 Å².